The molecule has 6 atom stereocenters. The first kappa shape index (κ1) is 35.8. The van der Waals surface area contributed by atoms with Crippen molar-refractivity contribution >= 4 is 26.2 Å². The van der Waals surface area contributed by atoms with E-state index in [1.807, 2.05) is 38.0 Å². The summed E-state index contributed by atoms with van der Waals surface area (Å²) < 4.78 is 4.90. The van der Waals surface area contributed by atoms with Crippen LogP contribution in [0.1, 0.15) is 51.4 Å². The Bertz CT molecular complexity index is 764. The van der Waals surface area contributed by atoms with Crippen LogP contribution in [0.15, 0.2) is 0 Å². The lowest BCUT2D eigenvalue weighted by molar-refractivity contribution is -0.152. The van der Waals surface area contributed by atoms with E-state index in [9.17, 15) is 14.7 Å². The van der Waals surface area contributed by atoms with Gasteiger partial charge in [-0.1, -0.05) is 12.8 Å². The second-order valence-corrected chi connectivity index (χ2v) is 12.2. The third-order valence-electron chi connectivity index (χ3n) is 8.36. The van der Waals surface area contributed by atoms with Crippen LogP contribution in [0.25, 0.3) is 0 Å². The van der Waals surface area contributed by atoms with Crippen LogP contribution in [-0.4, -0.2) is 121 Å². The molecule has 0 spiro atoms. The van der Waals surface area contributed by atoms with Gasteiger partial charge in [0.25, 0.3) is 0 Å². The van der Waals surface area contributed by atoms with Crippen LogP contribution in [-0.2, 0) is 14.3 Å². The van der Waals surface area contributed by atoms with Crippen LogP contribution in [0.4, 0.5) is 0 Å². The minimum absolute atomic E-state index is 0.0599. The van der Waals surface area contributed by atoms with Gasteiger partial charge in [0.05, 0.1) is 7.11 Å². The molecule has 2 saturated carbocycles. The van der Waals surface area contributed by atoms with Gasteiger partial charge in [-0.3, -0.25) is 9.59 Å². The van der Waals surface area contributed by atoms with Crippen molar-refractivity contribution in [3.05, 3.63) is 0 Å². The molecule has 0 aromatic heterocycles. The average molecular weight is 558 g/mol. The topological polar surface area (TPSA) is 203 Å². The lowest BCUT2D eigenvalue weighted by Gasteiger charge is -2.43. The molecular weight excluding hydrogens is 506 g/mol. The Morgan fingerprint density at radius 3 is 1.51 bits per heavy atom. The maximum absolute atomic E-state index is 12.1. The Hall–Kier alpha value is -1.25. The van der Waals surface area contributed by atoms with Crippen LogP contribution in [0.5, 0.6) is 0 Å². The maximum atomic E-state index is 12.1. The van der Waals surface area contributed by atoms with Gasteiger partial charge in [-0.2, -0.15) is 0 Å². The highest BCUT2D eigenvalue weighted by Gasteiger charge is 2.48. The number of carbonyl (C=O) groups is 2. The summed E-state index contributed by atoms with van der Waals surface area (Å²) in [4.78, 5) is 27.6. The summed E-state index contributed by atoms with van der Waals surface area (Å²) in [5.41, 5.74) is 10.3. The van der Waals surface area contributed by atoms with Crippen LogP contribution in [0.3, 0.4) is 0 Å². The molecule has 9 N–H and O–H groups in total. The first-order valence-corrected chi connectivity index (χ1v) is 14.0. The van der Waals surface area contributed by atoms with E-state index >= 15 is 0 Å². The Balaban J connectivity index is 0.000000391. The van der Waals surface area contributed by atoms with Crippen molar-refractivity contribution < 1.29 is 39.5 Å². The van der Waals surface area contributed by atoms with Crippen LogP contribution in [0.2, 0.25) is 12.6 Å². The standard InChI is InChI=1S/C13H27BN2O4.C12H25BN2O4/c1-16(2)9-11-5-4-10(6-7-14(18)19)8-13(11,15)12(17)20-3;1-15(2)8-10-4-3-9(5-6-13(18)19)7-12(10,14)11(16)17/h10-11,18-19H,4-9,15H2,1-3H3;9-10,18-19H,3-8,14H2,1-2H3,(H,16,17)/t10-,11-,13+;9-,10-,12+/m00/s1. The number of carboxylic acid groups (broad SMARTS) is 1. The fourth-order valence-electron chi connectivity index (χ4n) is 6.24. The molecule has 39 heavy (non-hydrogen) atoms. The summed E-state index contributed by atoms with van der Waals surface area (Å²) in [6.07, 6.45) is 6.32. The zero-order valence-corrected chi connectivity index (χ0v) is 24.5. The number of esters is 1. The van der Waals surface area contributed by atoms with E-state index in [1.54, 1.807) is 0 Å². The monoisotopic (exact) mass is 558 g/mol. The Morgan fingerprint density at radius 2 is 1.18 bits per heavy atom. The number of rotatable bonds is 12. The summed E-state index contributed by atoms with van der Waals surface area (Å²) in [6.45, 7) is 1.42. The number of carbonyl (C=O) groups excluding carboxylic acids is 1. The first-order chi connectivity index (χ1) is 18.0. The van der Waals surface area contributed by atoms with Crippen LogP contribution in [0, 0.1) is 23.7 Å². The molecule has 0 bridgehead atoms. The number of aliphatic carboxylic acids is 1. The molecular formula is C25H52B2N4O8. The fourth-order valence-corrected chi connectivity index (χ4v) is 6.24. The second-order valence-electron chi connectivity index (χ2n) is 12.2. The minimum atomic E-state index is -1.32. The number of hydrogen-bond acceptors (Lipinski definition) is 11. The third kappa shape index (κ3) is 11.3. The van der Waals surface area contributed by atoms with Gasteiger partial charge in [-0.15, -0.1) is 0 Å². The molecule has 0 radical (unpaired) electrons. The number of carboxylic acids is 1. The molecule has 0 heterocycles. The summed E-state index contributed by atoms with van der Waals surface area (Å²) in [6, 6.07) is 0. The van der Waals surface area contributed by atoms with Crippen LogP contribution < -0.4 is 11.5 Å². The third-order valence-corrected chi connectivity index (χ3v) is 8.36. The average Bonchev–Trinajstić information content (AvgIpc) is 2.83. The number of nitrogens with two attached hydrogens (primary N) is 2. The van der Waals surface area contributed by atoms with E-state index in [-0.39, 0.29) is 36.0 Å². The fraction of sp³-hybridized carbons (Fsp3) is 0.920. The molecule has 2 fully saturated rings. The summed E-state index contributed by atoms with van der Waals surface area (Å²) in [5, 5.41) is 45.2. The van der Waals surface area contributed by atoms with Gasteiger partial charge in [0.2, 0.25) is 0 Å². The molecule has 0 amide bonds. The Morgan fingerprint density at radius 1 is 0.795 bits per heavy atom. The van der Waals surface area contributed by atoms with Gasteiger partial charge in [0.1, 0.15) is 11.1 Å². The van der Waals surface area contributed by atoms with Gasteiger partial charge >= 0.3 is 26.2 Å². The van der Waals surface area contributed by atoms with Crippen molar-refractivity contribution in [2.75, 3.05) is 48.4 Å². The highest BCUT2D eigenvalue weighted by atomic mass is 16.5. The number of nitrogens with zero attached hydrogens (tertiary/aromatic N) is 2. The second kappa shape index (κ2) is 16.3. The van der Waals surface area contributed by atoms with Crippen molar-refractivity contribution in [3.63, 3.8) is 0 Å². The summed E-state index contributed by atoms with van der Waals surface area (Å²) >= 11 is 0. The van der Waals surface area contributed by atoms with E-state index in [0.717, 1.165) is 32.2 Å². The molecule has 0 aromatic rings. The maximum Gasteiger partial charge on any atom is 0.451 e. The minimum Gasteiger partial charge on any atom is -0.480 e. The Kier molecular flexibility index (Phi) is 14.9. The van der Waals surface area contributed by atoms with Gasteiger partial charge in [0.15, 0.2) is 0 Å². The van der Waals surface area contributed by atoms with Crippen LogP contribution >= 0.6 is 0 Å². The molecule has 2 rings (SSSR count). The van der Waals surface area contributed by atoms with Crippen molar-refractivity contribution in [2.24, 2.45) is 35.1 Å². The zero-order valence-electron chi connectivity index (χ0n) is 24.5. The van der Waals surface area contributed by atoms with Gasteiger partial charge in [-0.25, -0.2) is 0 Å². The first-order valence-electron chi connectivity index (χ1n) is 14.0. The van der Waals surface area contributed by atoms with E-state index in [4.69, 9.17) is 36.3 Å². The number of hydrogen-bond donors (Lipinski definition) is 7. The van der Waals surface area contributed by atoms with E-state index in [0.29, 0.717) is 38.5 Å². The zero-order chi connectivity index (χ0) is 30.0. The highest BCUT2D eigenvalue weighted by Crippen LogP contribution is 2.40. The summed E-state index contributed by atoms with van der Waals surface area (Å²) in [5.74, 6) is -0.914. The molecule has 0 aliphatic heterocycles. The molecule has 226 valence electrons. The largest absolute Gasteiger partial charge is 0.480 e. The molecule has 14 heteroatoms. The molecule has 2 aliphatic rings. The lowest BCUT2D eigenvalue weighted by Crippen LogP contribution is -2.60. The predicted molar refractivity (Wildman–Crippen MR) is 151 cm³/mol. The van der Waals surface area contributed by atoms with E-state index < -0.39 is 31.3 Å². The normalized spacial score (nSPS) is 30.9. The number of methoxy groups -OCH3 is 1. The molecule has 12 nitrogen and oxygen atoms in total. The molecule has 2 aliphatic carbocycles. The molecule has 0 unspecified atom stereocenters. The van der Waals surface area contributed by atoms with Crippen molar-refractivity contribution in [1.82, 2.24) is 9.80 Å². The van der Waals surface area contributed by atoms with Crippen molar-refractivity contribution in [1.29, 1.82) is 0 Å². The van der Waals surface area contributed by atoms with E-state index in [1.165, 1.54) is 7.11 Å². The van der Waals surface area contributed by atoms with Crippen molar-refractivity contribution in [3.8, 4) is 0 Å². The summed E-state index contributed by atoms with van der Waals surface area (Å²) in [7, 11) is 6.51. The van der Waals surface area contributed by atoms with Crippen molar-refractivity contribution in [2.45, 2.75) is 75.1 Å². The lowest BCUT2D eigenvalue weighted by atomic mass is 9.66. The van der Waals surface area contributed by atoms with Gasteiger partial charge in [0, 0.05) is 24.9 Å². The molecule has 0 aromatic carbocycles. The highest BCUT2D eigenvalue weighted by molar-refractivity contribution is 6.41. The Labute approximate surface area is 234 Å². The van der Waals surface area contributed by atoms with E-state index in [2.05, 4.69) is 0 Å². The smallest absolute Gasteiger partial charge is 0.451 e. The quantitative estimate of drug-likeness (QED) is 0.118. The number of ether oxygens (including phenoxy) is 1. The molecule has 0 saturated heterocycles. The van der Waals surface area contributed by atoms with Gasteiger partial charge in [-0.05, 0) is 91.2 Å². The SMILES string of the molecule is CN(C)C[C@@H]1CC[C@@H](CCB(O)O)C[C@]1(N)C(=O)O.COC(=O)[C@@]1(N)C[C@H](CCB(O)O)CC[C@H]1CN(C)C. The van der Waals surface area contributed by atoms with Gasteiger partial charge < -0.3 is 51.2 Å². The predicted octanol–water partition coefficient (Wildman–Crippen LogP) is -0.693.